The van der Waals surface area contributed by atoms with Gasteiger partial charge in [-0.15, -0.1) is 0 Å². The predicted molar refractivity (Wildman–Crippen MR) is 107 cm³/mol. The van der Waals surface area contributed by atoms with Crippen molar-refractivity contribution in [1.29, 1.82) is 0 Å². The third kappa shape index (κ3) is 3.45. The number of hydroxylamine groups is 2. The van der Waals surface area contributed by atoms with Crippen LogP contribution >= 0.6 is 0 Å². The number of nitrogens with one attached hydrogen (secondary N) is 1. The molecule has 0 saturated carbocycles. The van der Waals surface area contributed by atoms with Gasteiger partial charge in [0.2, 0.25) is 0 Å². The monoisotopic (exact) mass is 422 g/mol. The molecule has 0 amide bonds. The van der Waals surface area contributed by atoms with Crippen LogP contribution in [0.1, 0.15) is 46.8 Å². The summed E-state index contributed by atoms with van der Waals surface area (Å²) >= 11 is 0. The first-order valence-corrected chi connectivity index (χ1v) is 10.1. The van der Waals surface area contributed by atoms with E-state index in [2.05, 4.69) is 20.3 Å². The van der Waals surface area contributed by atoms with Crippen LogP contribution in [-0.2, 0) is 4.74 Å². The molecule has 2 fully saturated rings. The molecule has 5 N–H and O–H groups in total. The molecular formula is C19H30N6O5. The number of hydrogen-bond acceptors (Lipinski definition) is 10. The molecule has 166 valence electrons. The van der Waals surface area contributed by atoms with E-state index in [0.717, 1.165) is 0 Å². The highest BCUT2D eigenvalue weighted by molar-refractivity contribution is 5.82. The summed E-state index contributed by atoms with van der Waals surface area (Å²) in [5, 5.41) is 45.1. The first kappa shape index (κ1) is 21.3. The second kappa shape index (κ2) is 7.36. The fourth-order valence-corrected chi connectivity index (χ4v) is 4.82. The summed E-state index contributed by atoms with van der Waals surface area (Å²) < 4.78 is 7.14. The lowest BCUT2D eigenvalue weighted by Crippen LogP contribution is -2.61. The molecule has 2 saturated heterocycles. The van der Waals surface area contributed by atoms with Crippen LogP contribution in [0.4, 0.5) is 5.82 Å². The molecule has 0 spiro atoms. The van der Waals surface area contributed by atoms with Gasteiger partial charge in [-0.2, -0.15) is 5.06 Å². The van der Waals surface area contributed by atoms with Crippen molar-refractivity contribution in [3.8, 4) is 0 Å². The van der Waals surface area contributed by atoms with Crippen LogP contribution in [0, 0.1) is 0 Å². The van der Waals surface area contributed by atoms with Gasteiger partial charge in [-0.3, -0.25) is 4.57 Å². The van der Waals surface area contributed by atoms with Crippen molar-refractivity contribution >= 4 is 17.0 Å². The van der Waals surface area contributed by atoms with Crippen molar-refractivity contribution in [1.82, 2.24) is 24.6 Å². The largest absolute Gasteiger partial charge is 0.394 e. The maximum atomic E-state index is 10.5. The number of piperidine rings is 1. The Balaban J connectivity index is 1.62. The number of hydrogen-bond donors (Lipinski definition) is 5. The van der Waals surface area contributed by atoms with E-state index in [1.807, 2.05) is 27.7 Å². The van der Waals surface area contributed by atoms with Gasteiger partial charge in [-0.1, -0.05) is 0 Å². The lowest BCUT2D eigenvalue weighted by atomic mass is 9.79. The topological polar surface area (TPSA) is 149 Å². The number of aliphatic hydroxyl groups excluding tert-OH is 3. The minimum Gasteiger partial charge on any atom is -0.394 e. The zero-order chi connectivity index (χ0) is 21.8. The maximum absolute atomic E-state index is 10.5. The number of anilines is 1. The van der Waals surface area contributed by atoms with Crippen LogP contribution in [0.3, 0.4) is 0 Å². The van der Waals surface area contributed by atoms with Crippen LogP contribution in [-0.4, -0.2) is 87.1 Å². The van der Waals surface area contributed by atoms with Crippen molar-refractivity contribution in [2.24, 2.45) is 0 Å². The van der Waals surface area contributed by atoms with Crippen molar-refractivity contribution in [3.63, 3.8) is 0 Å². The quantitative estimate of drug-likeness (QED) is 0.464. The lowest BCUT2D eigenvalue weighted by Gasteiger charge is -2.51. The molecule has 2 aromatic heterocycles. The number of ether oxygens (including phenoxy) is 1. The average molecular weight is 422 g/mol. The summed E-state index contributed by atoms with van der Waals surface area (Å²) in [6, 6.07) is 0.0514. The summed E-state index contributed by atoms with van der Waals surface area (Å²) in [7, 11) is 0. The number of nitrogens with zero attached hydrogens (tertiary/aromatic N) is 5. The van der Waals surface area contributed by atoms with Crippen molar-refractivity contribution in [2.75, 3.05) is 11.9 Å². The Morgan fingerprint density at radius 3 is 2.37 bits per heavy atom. The number of rotatable bonds is 4. The molecule has 0 aliphatic carbocycles. The van der Waals surface area contributed by atoms with Gasteiger partial charge < -0.3 is 30.6 Å². The summed E-state index contributed by atoms with van der Waals surface area (Å²) in [5.74, 6) is 0.550. The number of fused-ring (bicyclic) bond motifs is 1. The van der Waals surface area contributed by atoms with E-state index >= 15 is 0 Å². The van der Waals surface area contributed by atoms with Gasteiger partial charge in [0.05, 0.1) is 12.9 Å². The van der Waals surface area contributed by atoms with Crippen molar-refractivity contribution < 1.29 is 25.3 Å². The van der Waals surface area contributed by atoms with Crippen LogP contribution in [0.25, 0.3) is 11.2 Å². The Bertz CT molecular complexity index is 900. The van der Waals surface area contributed by atoms with Crippen LogP contribution in [0.5, 0.6) is 0 Å². The Morgan fingerprint density at radius 2 is 1.77 bits per heavy atom. The van der Waals surface area contributed by atoms with Gasteiger partial charge in [-0.25, -0.2) is 15.0 Å². The summed E-state index contributed by atoms with van der Waals surface area (Å²) in [4.78, 5) is 13.0. The first-order valence-electron chi connectivity index (χ1n) is 10.1. The van der Waals surface area contributed by atoms with E-state index in [1.165, 1.54) is 22.3 Å². The Hall–Kier alpha value is -1.89. The van der Waals surface area contributed by atoms with E-state index < -0.39 is 42.2 Å². The molecule has 4 rings (SSSR count). The molecule has 0 radical (unpaired) electrons. The van der Waals surface area contributed by atoms with Gasteiger partial charge in [0.15, 0.2) is 23.2 Å². The predicted octanol–water partition coefficient (Wildman–Crippen LogP) is 0.260. The molecule has 4 heterocycles. The van der Waals surface area contributed by atoms with E-state index in [9.17, 15) is 20.5 Å². The number of imidazole rings is 1. The smallest absolute Gasteiger partial charge is 0.167 e. The fourth-order valence-electron chi connectivity index (χ4n) is 4.82. The van der Waals surface area contributed by atoms with Crippen LogP contribution in [0.15, 0.2) is 12.7 Å². The molecular weight excluding hydrogens is 392 g/mol. The highest BCUT2D eigenvalue weighted by Crippen LogP contribution is 2.38. The molecule has 30 heavy (non-hydrogen) atoms. The molecule has 4 atom stereocenters. The second-order valence-electron chi connectivity index (χ2n) is 9.46. The van der Waals surface area contributed by atoms with Crippen LogP contribution in [0.2, 0.25) is 0 Å². The third-order valence-corrected chi connectivity index (χ3v) is 6.13. The third-order valence-electron chi connectivity index (χ3n) is 6.13. The van der Waals surface area contributed by atoms with Crippen LogP contribution < -0.4 is 5.32 Å². The van der Waals surface area contributed by atoms with E-state index in [4.69, 9.17) is 4.74 Å². The van der Waals surface area contributed by atoms with Gasteiger partial charge >= 0.3 is 0 Å². The standard InChI is InChI=1S/C19H30N6O5/c1-18(2)5-10(6-19(3,4)25(18)29)23-15-12-16(21-8-20-15)24(9-22-12)17-14(28)13(27)11(7-26)30-17/h8-11,13-14,17,26-29H,5-7H2,1-4H3,(H,20,21,23)/t11-,13+,14-,17+/m0/s1. The molecule has 2 aliphatic rings. The van der Waals surface area contributed by atoms with Gasteiger partial charge in [0.25, 0.3) is 0 Å². The lowest BCUT2D eigenvalue weighted by molar-refractivity contribution is -0.243. The number of aromatic nitrogens is 4. The molecule has 11 nitrogen and oxygen atoms in total. The Labute approximate surface area is 174 Å². The molecule has 0 unspecified atom stereocenters. The van der Waals surface area contributed by atoms with E-state index in [1.54, 1.807) is 0 Å². The summed E-state index contributed by atoms with van der Waals surface area (Å²) in [6.45, 7) is 7.57. The summed E-state index contributed by atoms with van der Waals surface area (Å²) in [5.41, 5.74) is 0.127. The van der Waals surface area contributed by atoms with Crippen molar-refractivity contribution in [3.05, 3.63) is 12.7 Å². The maximum Gasteiger partial charge on any atom is 0.167 e. The zero-order valence-corrected chi connectivity index (χ0v) is 17.6. The molecule has 2 aromatic rings. The average Bonchev–Trinajstić information content (AvgIpc) is 3.22. The highest BCUT2D eigenvalue weighted by atomic mass is 16.6. The SMILES string of the molecule is CC1(C)CC(Nc2ncnc3c2ncn3[C@@H]2O[C@@H](CO)[C@@H](O)[C@@H]2O)CC(C)(C)N1O. The fraction of sp³-hybridized carbons (Fsp3) is 0.737. The molecule has 2 aliphatic heterocycles. The molecule has 0 bridgehead atoms. The van der Waals surface area contributed by atoms with Gasteiger partial charge in [0.1, 0.15) is 24.6 Å². The summed E-state index contributed by atoms with van der Waals surface area (Å²) in [6.07, 6.45) is 0.0697. The molecule has 11 heteroatoms. The first-order chi connectivity index (χ1) is 14.0. The van der Waals surface area contributed by atoms with Crippen molar-refractivity contribution in [2.45, 2.75) is 82.2 Å². The Kier molecular flexibility index (Phi) is 5.24. The van der Waals surface area contributed by atoms with Gasteiger partial charge in [0, 0.05) is 17.1 Å². The highest BCUT2D eigenvalue weighted by Gasteiger charge is 2.46. The second-order valence-corrected chi connectivity index (χ2v) is 9.46. The number of aliphatic hydroxyl groups is 3. The minimum absolute atomic E-state index is 0.0514. The van der Waals surface area contributed by atoms with Gasteiger partial charge in [-0.05, 0) is 40.5 Å². The molecule has 0 aromatic carbocycles. The van der Waals surface area contributed by atoms with E-state index in [0.29, 0.717) is 29.8 Å². The van der Waals surface area contributed by atoms with E-state index in [-0.39, 0.29) is 6.04 Å². The minimum atomic E-state index is -1.22. The Morgan fingerprint density at radius 1 is 1.10 bits per heavy atom. The normalized spacial score (nSPS) is 32.0. The zero-order valence-electron chi connectivity index (χ0n) is 17.6.